The number of benzene rings is 2. The molecule has 0 aliphatic carbocycles. The van der Waals surface area contributed by atoms with Gasteiger partial charge in [0.15, 0.2) is 0 Å². The monoisotopic (exact) mass is 439 g/mol. The van der Waals surface area contributed by atoms with Crippen molar-refractivity contribution >= 4 is 34.3 Å². The zero-order chi connectivity index (χ0) is 22.2. The van der Waals surface area contributed by atoms with Gasteiger partial charge in [-0.15, -0.1) is 0 Å². The lowest BCUT2D eigenvalue weighted by Crippen LogP contribution is -2.08. The molecule has 0 amide bonds. The van der Waals surface area contributed by atoms with Crippen molar-refractivity contribution in [3.63, 3.8) is 0 Å². The molecule has 1 heterocycles. The maximum absolute atomic E-state index is 13.7. The number of nitrogens with one attached hydrogen (secondary N) is 1. The van der Waals surface area contributed by atoms with Crippen LogP contribution in [-0.4, -0.2) is 16.7 Å². The number of aromatic nitrogens is 2. The van der Waals surface area contributed by atoms with Crippen molar-refractivity contribution in [1.29, 1.82) is 0 Å². The molecule has 0 saturated carbocycles. The lowest BCUT2D eigenvalue weighted by molar-refractivity contribution is -0.136. The van der Waals surface area contributed by atoms with Crippen LogP contribution >= 0.6 is 11.6 Å². The summed E-state index contributed by atoms with van der Waals surface area (Å²) < 4.78 is 48.2. The van der Waals surface area contributed by atoms with Gasteiger partial charge < -0.3 is 14.6 Å². The standard InChI is InChI=1S/C22H25ClF3N3O/c1-6-13(7-2)15-8-9-16(22(24,25)26)19-20(15)29(4)21(28-19)27-18-12(3)10-14(23)11-17(18)30-5/h8-11,13H,6-7H2,1-5H3,(H,27,28). The fourth-order valence-electron chi connectivity index (χ4n) is 3.89. The molecule has 0 fully saturated rings. The number of imidazole rings is 1. The average molecular weight is 440 g/mol. The molecule has 4 nitrogen and oxygen atoms in total. The molecule has 3 aromatic rings. The first-order valence-electron chi connectivity index (χ1n) is 9.79. The predicted octanol–water partition coefficient (Wildman–Crippen LogP) is 7.21. The highest BCUT2D eigenvalue weighted by Gasteiger charge is 2.35. The second-order valence-electron chi connectivity index (χ2n) is 7.33. The van der Waals surface area contributed by atoms with E-state index in [1.165, 1.54) is 7.11 Å². The zero-order valence-electron chi connectivity index (χ0n) is 17.6. The van der Waals surface area contributed by atoms with Crippen LogP contribution in [0.3, 0.4) is 0 Å². The number of ether oxygens (including phenoxy) is 1. The molecule has 0 saturated heterocycles. The predicted molar refractivity (Wildman–Crippen MR) is 115 cm³/mol. The molecule has 1 aromatic heterocycles. The Morgan fingerprint density at radius 3 is 2.43 bits per heavy atom. The van der Waals surface area contributed by atoms with Gasteiger partial charge in [0.1, 0.15) is 11.3 Å². The van der Waals surface area contributed by atoms with Gasteiger partial charge in [0.05, 0.1) is 23.9 Å². The van der Waals surface area contributed by atoms with Crippen LogP contribution in [0.25, 0.3) is 11.0 Å². The van der Waals surface area contributed by atoms with Crippen molar-refractivity contribution < 1.29 is 17.9 Å². The largest absolute Gasteiger partial charge is 0.495 e. The first kappa shape index (κ1) is 22.3. The Labute approximate surface area is 179 Å². The number of nitrogens with zero attached hydrogens (tertiary/aromatic N) is 2. The second-order valence-corrected chi connectivity index (χ2v) is 7.77. The molecule has 0 atom stereocenters. The third-order valence-electron chi connectivity index (χ3n) is 5.50. The Kier molecular flexibility index (Phi) is 6.22. The molecule has 2 aromatic carbocycles. The van der Waals surface area contributed by atoms with Gasteiger partial charge in [-0.1, -0.05) is 31.5 Å². The van der Waals surface area contributed by atoms with E-state index < -0.39 is 11.7 Å². The number of hydrogen-bond donors (Lipinski definition) is 1. The molecule has 0 bridgehead atoms. The summed E-state index contributed by atoms with van der Waals surface area (Å²) in [6.07, 6.45) is -2.84. The van der Waals surface area contributed by atoms with Crippen molar-refractivity contribution in [2.24, 2.45) is 7.05 Å². The lowest BCUT2D eigenvalue weighted by Gasteiger charge is -2.17. The van der Waals surface area contributed by atoms with Gasteiger partial charge in [-0.3, -0.25) is 0 Å². The molecule has 8 heteroatoms. The summed E-state index contributed by atoms with van der Waals surface area (Å²) in [6.45, 7) is 5.92. The Morgan fingerprint density at radius 2 is 1.87 bits per heavy atom. The summed E-state index contributed by atoms with van der Waals surface area (Å²) in [5.41, 5.74) is 1.97. The third-order valence-corrected chi connectivity index (χ3v) is 5.72. The molecule has 162 valence electrons. The summed E-state index contributed by atoms with van der Waals surface area (Å²) in [6, 6.07) is 6.13. The first-order chi connectivity index (χ1) is 14.1. The summed E-state index contributed by atoms with van der Waals surface area (Å²) in [5.74, 6) is 0.936. The van der Waals surface area contributed by atoms with E-state index in [2.05, 4.69) is 10.3 Å². The van der Waals surface area contributed by atoms with Gasteiger partial charge in [-0.25, -0.2) is 4.98 Å². The molecule has 0 radical (unpaired) electrons. The maximum Gasteiger partial charge on any atom is 0.418 e. The van der Waals surface area contributed by atoms with Gasteiger partial charge in [-0.05, 0) is 48.9 Å². The molecular weight excluding hydrogens is 415 g/mol. The minimum absolute atomic E-state index is 0.0533. The highest BCUT2D eigenvalue weighted by molar-refractivity contribution is 6.31. The smallest absolute Gasteiger partial charge is 0.418 e. The van der Waals surface area contributed by atoms with Crippen molar-refractivity contribution in [3.05, 3.63) is 46.0 Å². The molecule has 3 rings (SSSR count). The van der Waals surface area contributed by atoms with Crippen LogP contribution in [0.2, 0.25) is 5.02 Å². The number of aryl methyl sites for hydroxylation is 2. The first-order valence-corrected chi connectivity index (χ1v) is 10.2. The second kappa shape index (κ2) is 8.38. The van der Waals surface area contributed by atoms with Crippen LogP contribution in [-0.2, 0) is 13.2 Å². The highest BCUT2D eigenvalue weighted by Crippen LogP contribution is 2.41. The number of halogens is 4. The van der Waals surface area contributed by atoms with Crippen LogP contribution in [0.4, 0.5) is 24.8 Å². The number of methoxy groups -OCH3 is 1. The number of anilines is 2. The van der Waals surface area contributed by atoms with Crippen LogP contribution in [0, 0.1) is 6.92 Å². The van der Waals surface area contributed by atoms with Crippen LogP contribution in [0.15, 0.2) is 24.3 Å². The SMILES string of the molecule is CCC(CC)c1ccc(C(F)(F)F)c2nc(Nc3c(C)cc(Cl)cc3OC)n(C)c12. The number of alkyl halides is 3. The fourth-order valence-corrected chi connectivity index (χ4v) is 4.15. The van der Waals surface area contributed by atoms with E-state index in [0.29, 0.717) is 27.9 Å². The van der Waals surface area contributed by atoms with Gasteiger partial charge in [0.25, 0.3) is 0 Å². The molecular formula is C22H25ClF3N3O. The number of hydrogen-bond acceptors (Lipinski definition) is 3. The van der Waals surface area contributed by atoms with Gasteiger partial charge in [0, 0.05) is 18.1 Å². The van der Waals surface area contributed by atoms with Crippen molar-refractivity contribution in [2.45, 2.75) is 45.7 Å². The Morgan fingerprint density at radius 1 is 1.20 bits per heavy atom. The van der Waals surface area contributed by atoms with Crippen LogP contribution < -0.4 is 10.1 Å². The van der Waals surface area contributed by atoms with E-state index in [1.807, 2.05) is 20.8 Å². The van der Waals surface area contributed by atoms with E-state index in [9.17, 15) is 13.2 Å². The minimum Gasteiger partial charge on any atom is -0.495 e. The van der Waals surface area contributed by atoms with Crippen molar-refractivity contribution in [2.75, 3.05) is 12.4 Å². The quantitative estimate of drug-likeness (QED) is 0.441. The fraction of sp³-hybridized carbons (Fsp3) is 0.409. The summed E-state index contributed by atoms with van der Waals surface area (Å²) in [7, 11) is 3.24. The molecule has 0 aliphatic heterocycles. The summed E-state index contributed by atoms with van der Waals surface area (Å²) in [4.78, 5) is 4.37. The summed E-state index contributed by atoms with van der Waals surface area (Å²) >= 11 is 6.10. The van der Waals surface area contributed by atoms with Gasteiger partial charge in [-0.2, -0.15) is 13.2 Å². The molecule has 0 spiro atoms. The Bertz CT molecular complexity index is 1070. The highest BCUT2D eigenvalue weighted by atomic mass is 35.5. The Balaban J connectivity index is 2.25. The third kappa shape index (κ3) is 3.95. The molecule has 1 N–H and O–H groups in total. The maximum atomic E-state index is 13.7. The zero-order valence-corrected chi connectivity index (χ0v) is 18.4. The van der Waals surface area contributed by atoms with E-state index in [4.69, 9.17) is 16.3 Å². The topological polar surface area (TPSA) is 39.1 Å². The lowest BCUT2D eigenvalue weighted by atomic mass is 9.91. The molecule has 0 aliphatic rings. The van der Waals surface area contributed by atoms with Gasteiger partial charge >= 0.3 is 6.18 Å². The van der Waals surface area contributed by atoms with E-state index in [1.54, 1.807) is 29.8 Å². The average Bonchev–Trinajstić information content (AvgIpc) is 3.00. The number of rotatable bonds is 6. The minimum atomic E-state index is -4.50. The normalized spacial score (nSPS) is 12.1. The van der Waals surface area contributed by atoms with E-state index in [0.717, 1.165) is 30.0 Å². The molecule has 30 heavy (non-hydrogen) atoms. The van der Waals surface area contributed by atoms with E-state index >= 15 is 0 Å². The van der Waals surface area contributed by atoms with E-state index in [-0.39, 0.29) is 11.4 Å². The van der Waals surface area contributed by atoms with Crippen molar-refractivity contribution in [1.82, 2.24) is 9.55 Å². The number of fused-ring (bicyclic) bond motifs is 1. The van der Waals surface area contributed by atoms with Crippen molar-refractivity contribution in [3.8, 4) is 5.75 Å². The van der Waals surface area contributed by atoms with Crippen LogP contribution in [0.1, 0.15) is 49.3 Å². The molecule has 0 unspecified atom stereocenters. The summed E-state index contributed by atoms with van der Waals surface area (Å²) in [5, 5.41) is 3.67. The van der Waals surface area contributed by atoms with Crippen LogP contribution in [0.5, 0.6) is 5.75 Å². The Hall–Kier alpha value is -2.41. The van der Waals surface area contributed by atoms with Gasteiger partial charge in [0.2, 0.25) is 5.95 Å².